The molecule has 0 aliphatic carbocycles. The van der Waals surface area contributed by atoms with Gasteiger partial charge in [-0.15, -0.1) is 11.6 Å². The predicted molar refractivity (Wildman–Crippen MR) is 82.6 cm³/mol. The van der Waals surface area contributed by atoms with Crippen LogP contribution in [-0.2, 0) is 19.3 Å². The third-order valence-electron chi connectivity index (χ3n) is 3.57. The Hall–Kier alpha value is -0.490. The summed E-state index contributed by atoms with van der Waals surface area (Å²) in [6, 6.07) is 4.70. The van der Waals surface area contributed by atoms with E-state index in [-0.39, 0.29) is 5.38 Å². The summed E-state index contributed by atoms with van der Waals surface area (Å²) in [6.45, 7) is 11.2. The summed E-state index contributed by atoms with van der Waals surface area (Å²) in [5, 5.41) is 0.167. The van der Waals surface area contributed by atoms with Crippen molar-refractivity contribution in [3.05, 3.63) is 34.4 Å². The molecule has 0 fully saturated rings. The van der Waals surface area contributed by atoms with Crippen LogP contribution in [0.3, 0.4) is 0 Å². The molecule has 18 heavy (non-hydrogen) atoms. The fraction of sp³-hybridized carbons (Fsp3) is 0.647. The molecule has 1 rings (SSSR count). The number of aryl methyl sites for hydroxylation is 3. The van der Waals surface area contributed by atoms with Crippen molar-refractivity contribution in [1.82, 2.24) is 0 Å². The van der Waals surface area contributed by atoms with Gasteiger partial charge in [0.15, 0.2) is 0 Å². The van der Waals surface area contributed by atoms with Crippen molar-refractivity contribution in [1.29, 1.82) is 0 Å². The summed E-state index contributed by atoms with van der Waals surface area (Å²) < 4.78 is 0. The van der Waals surface area contributed by atoms with Gasteiger partial charge >= 0.3 is 0 Å². The summed E-state index contributed by atoms with van der Waals surface area (Å²) in [6.07, 6.45) is 4.33. The number of alkyl halides is 1. The van der Waals surface area contributed by atoms with Gasteiger partial charge in [0.2, 0.25) is 0 Å². The molecular formula is C17H27Cl. The monoisotopic (exact) mass is 266 g/mol. The first kappa shape index (κ1) is 15.6. The number of rotatable bonds is 6. The Morgan fingerprint density at radius 1 is 0.944 bits per heavy atom. The van der Waals surface area contributed by atoms with E-state index < -0.39 is 0 Å². The smallest absolute Gasteiger partial charge is 0.0593 e. The molecule has 0 N–H and O–H groups in total. The van der Waals surface area contributed by atoms with Crippen LogP contribution < -0.4 is 0 Å². The topological polar surface area (TPSA) is 0 Å². The van der Waals surface area contributed by atoms with Gasteiger partial charge in [0.25, 0.3) is 0 Å². The lowest BCUT2D eigenvalue weighted by Crippen LogP contribution is -2.06. The van der Waals surface area contributed by atoms with E-state index in [0.717, 1.165) is 25.7 Å². The van der Waals surface area contributed by atoms with Gasteiger partial charge in [-0.3, -0.25) is 0 Å². The van der Waals surface area contributed by atoms with Crippen molar-refractivity contribution < 1.29 is 0 Å². The second kappa shape index (κ2) is 7.19. The Labute approximate surface area is 118 Å². The number of hydrogen-bond acceptors (Lipinski definition) is 0. The molecular weight excluding hydrogens is 240 g/mol. The average Bonchev–Trinajstić information content (AvgIpc) is 2.35. The first-order valence-corrected chi connectivity index (χ1v) is 7.75. The second-order valence-electron chi connectivity index (χ2n) is 5.49. The highest BCUT2D eigenvalue weighted by molar-refractivity contribution is 6.21. The van der Waals surface area contributed by atoms with Gasteiger partial charge in [-0.2, -0.15) is 0 Å². The molecule has 0 aliphatic heterocycles. The second-order valence-corrected chi connectivity index (χ2v) is 6.01. The lowest BCUT2D eigenvalue weighted by atomic mass is 9.89. The van der Waals surface area contributed by atoms with Gasteiger partial charge in [0.05, 0.1) is 5.38 Å². The molecule has 1 aromatic carbocycles. The minimum atomic E-state index is 0.167. The fourth-order valence-corrected chi connectivity index (χ4v) is 3.21. The molecule has 0 aliphatic rings. The van der Waals surface area contributed by atoms with Crippen LogP contribution in [0.25, 0.3) is 0 Å². The summed E-state index contributed by atoms with van der Waals surface area (Å²) >= 11 is 6.66. The molecule has 0 amide bonds. The van der Waals surface area contributed by atoms with Crippen LogP contribution in [0.15, 0.2) is 12.1 Å². The van der Waals surface area contributed by atoms with Crippen LogP contribution in [-0.4, -0.2) is 0 Å². The van der Waals surface area contributed by atoms with Gasteiger partial charge in [0, 0.05) is 0 Å². The van der Waals surface area contributed by atoms with E-state index >= 15 is 0 Å². The van der Waals surface area contributed by atoms with Gasteiger partial charge in [-0.1, -0.05) is 46.8 Å². The molecule has 1 heteroatoms. The van der Waals surface area contributed by atoms with Gasteiger partial charge in [0.1, 0.15) is 0 Å². The van der Waals surface area contributed by atoms with Crippen molar-refractivity contribution in [3.63, 3.8) is 0 Å². The first-order valence-electron chi connectivity index (χ1n) is 7.31. The van der Waals surface area contributed by atoms with Crippen LogP contribution in [0.4, 0.5) is 0 Å². The van der Waals surface area contributed by atoms with Crippen molar-refractivity contribution >= 4 is 11.6 Å². The summed E-state index contributed by atoms with van der Waals surface area (Å²) in [7, 11) is 0. The molecule has 0 radical (unpaired) electrons. The summed E-state index contributed by atoms with van der Waals surface area (Å²) in [5.41, 5.74) is 5.76. The predicted octanol–water partition coefficient (Wildman–Crippen LogP) is 5.70. The molecule has 0 nitrogen and oxygen atoms in total. The van der Waals surface area contributed by atoms with E-state index in [1.54, 1.807) is 0 Å². The average molecular weight is 267 g/mol. The van der Waals surface area contributed by atoms with Crippen LogP contribution in [0.2, 0.25) is 0 Å². The maximum Gasteiger partial charge on any atom is 0.0593 e. The Balaban J connectivity index is 3.21. The first-order chi connectivity index (χ1) is 8.53. The van der Waals surface area contributed by atoms with E-state index in [9.17, 15) is 0 Å². The molecule has 1 aromatic rings. The summed E-state index contributed by atoms with van der Waals surface area (Å²) in [5.74, 6) is 0.646. The molecule has 0 saturated carbocycles. The highest BCUT2D eigenvalue weighted by Gasteiger charge is 2.17. The number of halogens is 1. The molecule has 0 spiro atoms. The molecule has 0 heterocycles. The minimum absolute atomic E-state index is 0.167. The van der Waals surface area contributed by atoms with E-state index in [1.807, 2.05) is 0 Å². The Morgan fingerprint density at radius 2 is 1.44 bits per heavy atom. The van der Waals surface area contributed by atoms with Crippen molar-refractivity contribution in [2.24, 2.45) is 5.92 Å². The zero-order chi connectivity index (χ0) is 13.7. The third kappa shape index (κ3) is 3.75. The highest BCUT2D eigenvalue weighted by atomic mass is 35.5. The summed E-state index contributed by atoms with van der Waals surface area (Å²) in [4.78, 5) is 0. The lowest BCUT2D eigenvalue weighted by molar-refractivity contribution is 0.571. The van der Waals surface area contributed by atoms with Gasteiger partial charge < -0.3 is 0 Å². The van der Waals surface area contributed by atoms with Crippen LogP contribution in [0, 0.1) is 5.92 Å². The van der Waals surface area contributed by atoms with Crippen LogP contribution in [0.5, 0.6) is 0 Å². The SMILES string of the molecule is CCc1cc(CC)c(C(Cl)CC(C)C)c(CC)c1. The van der Waals surface area contributed by atoms with Crippen LogP contribution in [0.1, 0.15) is 68.7 Å². The Bertz CT molecular complexity index is 354. The maximum absolute atomic E-state index is 6.66. The van der Waals surface area contributed by atoms with Crippen molar-refractivity contribution in [2.75, 3.05) is 0 Å². The van der Waals surface area contributed by atoms with E-state index in [1.165, 1.54) is 22.3 Å². The van der Waals surface area contributed by atoms with E-state index in [4.69, 9.17) is 11.6 Å². The lowest BCUT2D eigenvalue weighted by Gasteiger charge is -2.21. The van der Waals surface area contributed by atoms with Crippen LogP contribution >= 0.6 is 11.6 Å². The number of hydrogen-bond donors (Lipinski definition) is 0. The standard InChI is InChI=1S/C17H27Cl/c1-6-13-10-14(7-2)17(15(8-3)11-13)16(18)9-12(4)5/h10-12,16H,6-9H2,1-5H3. The third-order valence-corrected chi connectivity index (χ3v) is 3.97. The number of benzene rings is 1. The quantitative estimate of drug-likeness (QED) is 0.580. The largest absolute Gasteiger partial charge is 0.118 e. The van der Waals surface area contributed by atoms with Gasteiger partial charge in [-0.05, 0) is 53.9 Å². The Morgan fingerprint density at radius 3 is 1.78 bits per heavy atom. The molecule has 102 valence electrons. The molecule has 0 aromatic heterocycles. The zero-order valence-corrected chi connectivity index (χ0v) is 13.3. The van der Waals surface area contributed by atoms with Gasteiger partial charge in [-0.25, -0.2) is 0 Å². The maximum atomic E-state index is 6.66. The van der Waals surface area contributed by atoms with E-state index in [2.05, 4.69) is 46.8 Å². The zero-order valence-electron chi connectivity index (χ0n) is 12.5. The van der Waals surface area contributed by atoms with Crippen molar-refractivity contribution in [2.45, 2.75) is 65.7 Å². The molecule has 0 saturated heterocycles. The molecule has 1 unspecified atom stereocenters. The fourth-order valence-electron chi connectivity index (χ4n) is 2.57. The molecule has 0 bridgehead atoms. The molecule has 1 atom stereocenters. The Kier molecular flexibility index (Phi) is 6.21. The normalized spacial score (nSPS) is 13.1. The highest BCUT2D eigenvalue weighted by Crippen LogP contribution is 2.34. The van der Waals surface area contributed by atoms with E-state index in [0.29, 0.717) is 5.92 Å². The van der Waals surface area contributed by atoms with Crippen molar-refractivity contribution in [3.8, 4) is 0 Å². The minimum Gasteiger partial charge on any atom is -0.118 e.